The number of carboxylic acids is 1. The van der Waals surface area contributed by atoms with Crippen LogP contribution in [0.2, 0.25) is 5.02 Å². The van der Waals surface area contributed by atoms with Crippen LogP contribution in [0.15, 0.2) is 97.0 Å². The molecule has 2 amide bonds. The van der Waals surface area contributed by atoms with E-state index in [1.165, 1.54) is 52.5 Å². The molecular formula is C34H27ClFN7O4. The number of nitrogens with one attached hydrogen (secondary N) is 3. The van der Waals surface area contributed by atoms with Crippen LogP contribution in [-0.2, 0) is 23.1 Å². The molecule has 236 valence electrons. The van der Waals surface area contributed by atoms with E-state index in [0.717, 1.165) is 27.6 Å². The molecule has 1 atom stereocenters. The van der Waals surface area contributed by atoms with Crippen LogP contribution in [0.25, 0.3) is 22.0 Å². The molecule has 0 aliphatic carbocycles. The number of rotatable bonds is 6. The highest BCUT2D eigenvalue weighted by Crippen LogP contribution is 2.38. The van der Waals surface area contributed by atoms with E-state index in [9.17, 15) is 23.9 Å². The lowest BCUT2D eigenvalue weighted by Gasteiger charge is -2.37. The van der Waals surface area contributed by atoms with Crippen LogP contribution in [-0.4, -0.2) is 44.1 Å². The van der Waals surface area contributed by atoms with Crippen LogP contribution in [0.3, 0.4) is 0 Å². The number of hydrazine groups is 2. The van der Waals surface area contributed by atoms with Crippen molar-refractivity contribution in [2.75, 3.05) is 16.9 Å². The van der Waals surface area contributed by atoms with Gasteiger partial charge in [0.05, 0.1) is 34.2 Å². The van der Waals surface area contributed by atoms with Gasteiger partial charge in [-0.1, -0.05) is 48.0 Å². The van der Waals surface area contributed by atoms with E-state index in [2.05, 4.69) is 27.4 Å². The Hall–Kier alpha value is -5.72. The van der Waals surface area contributed by atoms with Gasteiger partial charge in [0.1, 0.15) is 11.7 Å². The van der Waals surface area contributed by atoms with Gasteiger partial charge in [-0.3, -0.25) is 24.7 Å². The highest BCUT2D eigenvalue weighted by molar-refractivity contribution is 6.31. The molecule has 0 saturated heterocycles. The molecule has 1 aromatic heterocycles. The molecule has 5 aromatic rings. The molecule has 0 bridgehead atoms. The monoisotopic (exact) mass is 651 g/mol. The minimum atomic E-state index is -1.09. The lowest BCUT2D eigenvalue weighted by molar-refractivity contribution is -0.136. The number of benzene rings is 4. The molecule has 2 aliphatic rings. The Balaban J connectivity index is 1.26. The molecule has 0 saturated carbocycles. The van der Waals surface area contributed by atoms with E-state index in [0.29, 0.717) is 17.7 Å². The van der Waals surface area contributed by atoms with Gasteiger partial charge in [0.25, 0.3) is 11.8 Å². The van der Waals surface area contributed by atoms with Crippen molar-refractivity contribution >= 4 is 51.7 Å². The van der Waals surface area contributed by atoms with Crippen LogP contribution in [0.1, 0.15) is 27.5 Å². The Kier molecular flexibility index (Phi) is 7.58. The standard InChI is InChI=1S/C34H27ClFN7O4/c1-41-29-16-20(8-9-21(29)17-37-41)23-4-2-5-25-24(23)14-15-42(31(25)32(44)38-22-12-10-19(11-13-22)34(46)47)33(45)27-18-43(40-39-27)28-7-3-6-26(35)30(28)36/h2-13,16-18,31,39-40H,14-15H2,1H3,(H,38,44)(H,46,47). The lowest BCUT2D eigenvalue weighted by atomic mass is 9.85. The number of halogens is 2. The highest BCUT2D eigenvalue weighted by Gasteiger charge is 2.39. The molecule has 1 unspecified atom stereocenters. The number of aryl methyl sites for hydroxylation is 1. The third-order valence-electron chi connectivity index (χ3n) is 8.38. The number of aromatic carboxylic acids is 1. The van der Waals surface area contributed by atoms with Gasteiger partial charge in [0.2, 0.25) is 0 Å². The van der Waals surface area contributed by atoms with E-state index in [-0.39, 0.29) is 28.5 Å². The van der Waals surface area contributed by atoms with Gasteiger partial charge in [-0.05, 0) is 71.1 Å². The van der Waals surface area contributed by atoms with Gasteiger partial charge >= 0.3 is 5.97 Å². The minimum absolute atomic E-state index is 0.0726. The van der Waals surface area contributed by atoms with Crippen LogP contribution in [0.5, 0.6) is 0 Å². The Morgan fingerprint density at radius 2 is 1.83 bits per heavy atom. The van der Waals surface area contributed by atoms with Crippen LogP contribution >= 0.6 is 11.6 Å². The maximum atomic E-state index is 14.8. The SMILES string of the molecule is Cn1ncc2ccc(-c3cccc4c3CCN(C(=O)C3=CN(c5cccc(Cl)c5F)NN3)C4C(=O)Nc3ccc(C(=O)O)cc3)cc21. The normalized spacial score (nSPS) is 15.6. The number of aromatic nitrogens is 2. The zero-order valence-electron chi connectivity index (χ0n) is 24.9. The number of hydrogen-bond donors (Lipinski definition) is 4. The first kappa shape index (κ1) is 30.0. The fraction of sp³-hybridized carbons (Fsp3) is 0.118. The number of amides is 2. The highest BCUT2D eigenvalue weighted by atomic mass is 35.5. The first-order valence-electron chi connectivity index (χ1n) is 14.7. The largest absolute Gasteiger partial charge is 0.478 e. The summed E-state index contributed by atoms with van der Waals surface area (Å²) in [5.41, 5.74) is 10.6. The molecular weight excluding hydrogens is 625 g/mol. The van der Waals surface area contributed by atoms with Gasteiger partial charge in [0.15, 0.2) is 5.82 Å². The van der Waals surface area contributed by atoms with Crippen molar-refractivity contribution in [3.05, 3.63) is 124 Å². The molecule has 47 heavy (non-hydrogen) atoms. The summed E-state index contributed by atoms with van der Waals surface area (Å²) in [6.45, 7) is 0.206. The van der Waals surface area contributed by atoms with E-state index < -0.39 is 29.6 Å². The molecule has 4 aromatic carbocycles. The van der Waals surface area contributed by atoms with Gasteiger partial charge in [-0.15, -0.1) is 5.53 Å². The fourth-order valence-corrected chi connectivity index (χ4v) is 6.21. The number of nitrogens with zero attached hydrogens (tertiary/aromatic N) is 4. The van der Waals surface area contributed by atoms with Crippen molar-refractivity contribution < 1.29 is 23.9 Å². The van der Waals surface area contributed by atoms with E-state index in [1.54, 1.807) is 16.9 Å². The second-order valence-corrected chi connectivity index (χ2v) is 11.6. The summed E-state index contributed by atoms with van der Waals surface area (Å²) in [4.78, 5) is 41.0. The summed E-state index contributed by atoms with van der Waals surface area (Å²) < 4.78 is 16.6. The lowest BCUT2D eigenvalue weighted by Crippen LogP contribution is -2.48. The van der Waals surface area contributed by atoms with Crippen LogP contribution < -0.4 is 21.3 Å². The van der Waals surface area contributed by atoms with Crippen molar-refractivity contribution in [1.29, 1.82) is 0 Å². The average Bonchev–Trinajstić information content (AvgIpc) is 3.72. The quantitative estimate of drug-likeness (QED) is 0.198. The molecule has 0 radical (unpaired) electrons. The minimum Gasteiger partial charge on any atom is -0.478 e. The second kappa shape index (κ2) is 11.9. The fourth-order valence-electron chi connectivity index (χ4n) is 6.05. The second-order valence-electron chi connectivity index (χ2n) is 11.2. The molecule has 2 aliphatic heterocycles. The number of hydrogen-bond acceptors (Lipinski definition) is 7. The van der Waals surface area contributed by atoms with Crippen molar-refractivity contribution in [2.24, 2.45) is 7.05 Å². The Labute approximate surface area is 272 Å². The van der Waals surface area contributed by atoms with Gasteiger partial charge in [-0.25, -0.2) is 9.18 Å². The number of carboxylic acid groups (broad SMARTS) is 1. The third kappa shape index (κ3) is 5.43. The smallest absolute Gasteiger partial charge is 0.335 e. The van der Waals surface area contributed by atoms with E-state index >= 15 is 0 Å². The van der Waals surface area contributed by atoms with Crippen molar-refractivity contribution in [3.8, 4) is 11.1 Å². The summed E-state index contributed by atoms with van der Waals surface area (Å²) in [5.74, 6) is -2.72. The van der Waals surface area contributed by atoms with Crippen molar-refractivity contribution in [1.82, 2.24) is 25.6 Å². The molecule has 7 rings (SSSR count). The Morgan fingerprint density at radius 1 is 1.04 bits per heavy atom. The summed E-state index contributed by atoms with van der Waals surface area (Å²) in [7, 11) is 1.88. The van der Waals surface area contributed by atoms with E-state index in [4.69, 9.17) is 11.6 Å². The van der Waals surface area contributed by atoms with Crippen LogP contribution in [0, 0.1) is 5.82 Å². The first-order chi connectivity index (χ1) is 22.7. The molecule has 0 spiro atoms. The summed E-state index contributed by atoms with van der Waals surface area (Å²) in [6, 6.07) is 21.0. The molecule has 13 heteroatoms. The molecule has 11 nitrogen and oxygen atoms in total. The Morgan fingerprint density at radius 3 is 2.62 bits per heavy atom. The van der Waals surface area contributed by atoms with Gasteiger partial charge < -0.3 is 15.3 Å². The predicted molar refractivity (Wildman–Crippen MR) is 175 cm³/mol. The Bertz CT molecular complexity index is 2110. The predicted octanol–water partition coefficient (Wildman–Crippen LogP) is 5.17. The van der Waals surface area contributed by atoms with Crippen molar-refractivity contribution in [3.63, 3.8) is 0 Å². The van der Waals surface area contributed by atoms with E-state index in [1.807, 2.05) is 37.4 Å². The first-order valence-corrected chi connectivity index (χ1v) is 15.0. The topological polar surface area (TPSA) is 132 Å². The maximum absolute atomic E-state index is 14.8. The van der Waals surface area contributed by atoms with Gasteiger partial charge in [0, 0.05) is 24.7 Å². The molecule has 3 heterocycles. The summed E-state index contributed by atoms with van der Waals surface area (Å²) in [6.07, 6.45) is 3.67. The van der Waals surface area contributed by atoms with Gasteiger partial charge in [-0.2, -0.15) is 5.10 Å². The average molecular weight is 652 g/mol. The molecule has 0 fully saturated rings. The zero-order valence-corrected chi connectivity index (χ0v) is 25.6. The molecule has 4 N–H and O–H groups in total. The summed E-state index contributed by atoms with van der Waals surface area (Å²) in [5, 5.41) is 18.7. The third-order valence-corrected chi connectivity index (χ3v) is 8.67. The number of carbonyl (C=O) groups excluding carboxylic acids is 2. The van der Waals surface area contributed by atoms with Crippen LogP contribution in [0.4, 0.5) is 15.8 Å². The maximum Gasteiger partial charge on any atom is 0.335 e. The summed E-state index contributed by atoms with van der Waals surface area (Å²) >= 11 is 5.97. The van der Waals surface area contributed by atoms with Crippen molar-refractivity contribution in [2.45, 2.75) is 12.5 Å². The number of fused-ring (bicyclic) bond motifs is 2. The number of anilines is 2. The zero-order chi connectivity index (χ0) is 32.8. The number of carbonyl (C=O) groups is 3.